The number of hydrogen-bond acceptors (Lipinski definition) is 1. The van der Waals surface area contributed by atoms with Crippen LogP contribution in [0, 0.1) is 0 Å². The quantitative estimate of drug-likeness (QED) is 0.778. The Bertz CT molecular complexity index is 596. The summed E-state index contributed by atoms with van der Waals surface area (Å²) in [6.45, 7) is 2.07. The van der Waals surface area contributed by atoms with Crippen molar-refractivity contribution in [3.05, 3.63) is 57.0 Å². The summed E-state index contributed by atoms with van der Waals surface area (Å²) in [6, 6.07) is 11.8. The number of rotatable bonds is 3. The van der Waals surface area contributed by atoms with Crippen LogP contribution < -0.4 is 5.32 Å². The second-order valence-electron chi connectivity index (χ2n) is 4.38. The standard InChI is InChI=1S/C15H14Cl3N/c1-9(19-2)12-5-3-10(7-14(12)17)11-4-6-13(16)15(18)8-11/h3-9,19H,1-2H3. The summed E-state index contributed by atoms with van der Waals surface area (Å²) in [4.78, 5) is 0. The van der Waals surface area contributed by atoms with Gasteiger partial charge in [-0.25, -0.2) is 0 Å². The molecule has 0 saturated heterocycles. The predicted molar refractivity (Wildman–Crippen MR) is 84.4 cm³/mol. The van der Waals surface area contributed by atoms with Crippen LogP contribution in [0.15, 0.2) is 36.4 Å². The van der Waals surface area contributed by atoms with Gasteiger partial charge in [0.15, 0.2) is 0 Å². The van der Waals surface area contributed by atoms with Gasteiger partial charge in [0.25, 0.3) is 0 Å². The van der Waals surface area contributed by atoms with Crippen molar-refractivity contribution in [2.45, 2.75) is 13.0 Å². The van der Waals surface area contributed by atoms with E-state index >= 15 is 0 Å². The number of nitrogens with one attached hydrogen (secondary N) is 1. The molecule has 1 nitrogen and oxygen atoms in total. The SMILES string of the molecule is CNC(C)c1ccc(-c2ccc(Cl)c(Cl)c2)cc1Cl. The van der Waals surface area contributed by atoms with E-state index in [2.05, 4.69) is 12.2 Å². The molecule has 0 amide bonds. The minimum Gasteiger partial charge on any atom is -0.313 e. The lowest BCUT2D eigenvalue weighted by Gasteiger charge is -2.14. The van der Waals surface area contributed by atoms with Gasteiger partial charge in [0, 0.05) is 11.1 Å². The zero-order valence-corrected chi connectivity index (χ0v) is 12.9. The highest BCUT2D eigenvalue weighted by Crippen LogP contribution is 2.32. The van der Waals surface area contributed by atoms with Gasteiger partial charge in [-0.05, 0) is 48.9 Å². The van der Waals surface area contributed by atoms with Gasteiger partial charge in [0.05, 0.1) is 10.0 Å². The van der Waals surface area contributed by atoms with E-state index in [9.17, 15) is 0 Å². The molecule has 4 heteroatoms. The fourth-order valence-corrected chi connectivity index (χ4v) is 2.53. The largest absolute Gasteiger partial charge is 0.313 e. The lowest BCUT2D eigenvalue weighted by molar-refractivity contribution is 0.652. The van der Waals surface area contributed by atoms with Gasteiger partial charge in [-0.15, -0.1) is 0 Å². The fraction of sp³-hybridized carbons (Fsp3) is 0.200. The molecule has 1 atom stereocenters. The minimum atomic E-state index is 0.218. The Balaban J connectivity index is 2.41. The zero-order valence-electron chi connectivity index (χ0n) is 10.7. The van der Waals surface area contributed by atoms with Crippen molar-refractivity contribution < 1.29 is 0 Å². The van der Waals surface area contributed by atoms with Gasteiger partial charge in [-0.3, -0.25) is 0 Å². The summed E-state index contributed by atoms with van der Waals surface area (Å²) in [5.74, 6) is 0. The fourth-order valence-electron chi connectivity index (χ4n) is 1.89. The number of halogens is 3. The van der Waals surface area contributed by atoms with Crippen LogP contribution in [0.5, 0.6) is 0 Å². The maximum absolute atomic E-state index is 6.32. The van der Waals surface area contributed by atoms with Crippen molar-refractivity contribution in [2.75, 3.05) is 7.05 Å². The Labute approximate surface area is 128 Å². The highest BCUT2D eigenvalue weighted by Gasteiger charge is 2.09. The van der Waals surface area contributed by atoms with Crippen molar-refractivity contribution in [3.8, 4) is 11.1 Å². The third-order valence-corrected chi connectivity index (χ3v) is 4.22. The van der Waals surface area contributed by atoms with Crippen molar-refractivity contribution in [1.82, 2.24) is 5.32 Å². The maximum Gasteiger partial charge on any atom is 0.0598 e. The van der Waals surface area contributed by atoms with E-state index in [0.717, 1.165) is 21.7 Å². The molecule has 19 heavy (non-hydrogen) atoms. The van der Waals surface area contributed by atoms with Gasteiger partial charge < -0.3 is 5.32 Å². The molecule has 1 unspecified atom stereocenters. The maximum atomic E-state index is 6.32. The normalized spacial score (nSPS) is 12.5. The van der Waals surface area contributed by atoms with Crippen LogP contribution in [-0.2, 0) is 0 Å². The monoisotopic (exact) mass is 313 g/mol. The minimum absolute atomic E-state index is 0.218. The average molecular weight is 315 g/mol. The van der Waals surface area contributed by atoms with Gasteiger partial charge in [0.2, 0.25) is 0 Å². The highest BCUT2D eigenvalue weighted by atomic mass is 35.5. The lowest BCUT2D eigenvalue weighted by Crippen LogP contribution is -2.12. The van der Waals surface area contributed by atoms with Crippen molar-refractivity contribution in [3.63, 3.8) is 0 Å². The molecule has 2 aromatic rings. The van der Waals surface area contributed by atoms with Crippen LogP contribution in [-0.4, -0.2) is 7.05 Å². The van der Waals surface area contributed by atoms with E-state index < -0.39 is 0 Å². The molecule has 0 fully saturated rings. The summed E-state index contributed by atoms with van der Waals surface area (Å²) in [6.07, 6.45) is 0. The van der Waals surface area contributed by atoms with E-state index in [1.165, 1.54) is 0 Å². The van der Waals surface area contributed by atoms with Gasteiger partial charge in [-0.2, -0.15) is 0 Å². The molecular formula is C15H14Cl3N. The first-order valence-corrected chi connectivity index (χ1v) is 7.08. The van der Waals surface area contributed by atoms with E-state index in [1.54, 1.807) is 6.07 Å². The molecule has 0 bridgehead atoms. The molecular weight excluding hydrogens is 301 g/mol. The predicted octanol–water partition coefficient (Wildman–Crippen LogP) is 5.59. The lowest BCUT2D eigenvalue weighted by atomic mass is 10.0. The van der Waals surface area contributed by atoms with Crippen LogP contribution in [0.2, 0.25) is 15.1 Å². The van der Waals surface area contributed by atoms with Gasteiger partial charge >= 0.3 is 0 Å². The first kappa shape index (κ1) is 14.7. The molecule has 0 aliphatic heterocycles. The van der Waals surface area contributed by atoms with Crippen LogP contribution in [0.1, 0.15) is 18.5 Å². The van der Waals surface area contributed by atoms with Gasteiger partial charge in [0.1, 0.15) is 0 Å². The Hall–Kier alpha value is -0.730. The van der Waals surface area contributed by atoms with E-state index in [-0.39, 0.29) is 6.04 Å². The molecule has 100 valence electrons. The average Bonchev–Trinajstić information content (AvgIpc) is 2.41. The first-order valence-electron chi connectivity index (χ1n) is 5.95. The molecule has 0 heterocycles. The topological polar surface area (TPSA) is 12.0 Å². The molecule has 0 spiro atoms. The van der Waals surface area contributed by atoms with Crippen molar-refractivity contribution >= 4 is 34.8 Å². The van der Waals surface area contributed by atoms with Gasteiger partial charge in [-0.1, -0.05) is 53.0 Å². The second-order valence-corrected chi connectivity index (χ2v) is 5.60. The number of hydrogen-bond donors (Lipinski definition) is 1. The van der Waals surface area contributed by atoms with E-state index in [1.807, 2.05) is 37.4 Å². The van der Waals surface area contributed by atoms with E-state index in [0.29, 0.717) is 10.0 Å². The molecule has 2 rings (SSSR count). The zero-order chi connectivity index (χ0) is 14.0. The van der Waals surface area contributed by atoms with Crippen LogP contribution in [0.4, 0.5) is 0 Å². The second kappa shape index (κ2) is 6.15. The third kappa shape index (κ3) is 3.24. The molecule has 0 radical (unpaired) electrons. The summed E-state index contributed by atoms with van der Waals surface area (Å²) in [7, 11) is 1.91. The number of benzene rings is 2. The molecule has 0 aliphatic rings. The first-order chi connectivity index (χ1) is 9.02. The molecule has 0 saturated carbocycles. The Morgan fingerprint density at radius 3 is 1.95 bits per heavy atom. The molecule has 2 aromatic carbocycles. The Kier molecular flexibility index (Phi) is 4.75. The molecule has 0 aromatic heterocycles. The van der Waals surface area contributed by atoms with Crippen LogP contribution in [0.25, 0.3) is 11.1 Å². The highest BCUT2D eigenvalue weighted by molar-refractivity contribution is 6.42. The smallest absolute Gasteiger partial charge is 0.0598 e. The molecule has 1 N–H and O–H groups in total. The molecule has 0 aliphatic carbocycles. The summed E-state index contributed by atoms with van der Waals surface area (Å²) >= 11 is 18.3. The summed E-state index contributed by atoms with van der Waals surface area (Å²) < 4.78 is 0. The summed E-state index contributed by atoms with van der Waals surface area (Å²) in [5, 5.41) is 5.01. The van der Waals surface area contributed by atoms with Crippen LogP contribution >= 0.6 is 34.8 Å². The summed E-state index contributed by atoms with van der Waals surface area (Å²) in [5.41, 5.74) is 3.10. The van der Waals surface area contributed by atoms with E-state index in [4.69, 9.17) is 34.8 Å². The van der Waals surface area contributed by atoms with Crippen LogP contribution in [0.3, 0.4) is 0 Å². The Morgan fingerprint density at radius 2 is 1.42 bits per heavy atom. The Morgan fingerprint density at radius 1 is 0.842 bits per heavy atom. The van der Waals surface area contributed by atoms with Crippen molar-refractivity contribution in [1.29, 1.82) is 0 Å². The van der Waals surface area contributed by atoms with Crippen molar-refractivity contribution in [2.24, 2.45) is 0 Å². The third-order valence-electron chi connectivity index (χ3n) is 3.15.